The normalized spacial score (nSPS) is 13.2. The number of ketones is 1. The molecule has 0 fully saturated rings. The summed E-state index contributed by atoms with van der Waals surface area (Å²) < 4.78 is 5.08. The second kappa shape index (κ2) is 10.6. The number of hydrogen-bond donors (Lipinski definition) is 2. The highest BCUT2D eigenvalue weighted by molar-refractivity contribution is 6.25. The number of nitrogens with zero attached hydrogens (tertiary/aromatic N) is 2. The van der Waals surface area contributed by atoms with Crippen molar-refractivity contribution in [2.75, 3.05) is 0 Å². The molecule has 0 saturated heterocycles. The van der Waals surface area contributed by atoms with Gasteiger partial charge in [0.05, 0.1) is 12.1 Å². The summed E-state index contributed by atoms with van der Waals surface area (Å²) in [5, 5.41) is 2.53. The van der Waals surface area contributed by atoms with Crippen molar-refractivity contribution in [2.24, 2.45) is 11.7 Å². The Morgan fingerprint density at radius 1 is 1.26 bits per heavy atom. The highest BCUT2D eigenvalue weighted by Gasteiger charge is 2.26. The summed E-state index contributed by atoms with van der Waals surface area (Å²) in [7, 11) is 0. The zero-order valence-corrected chi connectivity index (χ0v) is 14.1. The van der Waals surface area contributed by atoms with Crippen molar-refractivity contribution in [1.29, 1.82) is 0 Å². The molecule has 0 aliphatic carbocycles. The number of carbonyl (C=O) groups is 3. The van der Waals surface area contributed by atoms with Crippen LogP contribution in [-0.2, 0) is 19.1 Å². The molecule has 0 heterocycles. The zero-order valence-electron chi connectivity index (χ0n) is 14.1. The Bertz CT molecular complexity index is 470. The first kappa shape index (κ1) is 20.9. The number of amides is 1. The van der Waals surface area contributed by atoms with Gasteiger partial charge in [-0.2, -0.15) is 4.79 Å². The van der Waals surface area contributed by atoms with Gasteiger partial charge >= 0.3 is 12.2 Å². The van der Waals surface area contributed by atoms with Gasteiger partial charge in [0.1, 0.15) is 6.04 Å². The predicted molar refractivity (Wildman–Crippen MR) is 84.5 cm³/mol. The highest BCUT2D eigenvalue weighted by atomic mass is 16.5. The Hall–Kier alpha value is -2.05. The maximum Gasteiger partial charge on any atom is 0.328 e. The first-order chi connectivity index (χ1) is 10.7. The monoisotopic (exact) mass is 326 g/mol. The minimum absolute atomic E-state index is 0.0382. The molecule has 0 rings (SSSR count). The molecule has 3 N–H and O–H groups in total. The third-order valence-corrected chi connectivity index (χ3v) is 2.90. The van der Waals surface area contributed by atoms with Gasteiger partial charge in [0.15, 0.2) is 0 Å². The standard InChI is InChI=1S/C15H26N4O4/c1-9(2)7-12(16)14(21)19-13(15(22)23-10(3)4)6-5-11(20)8-18-17/h8-10,12-13H,5-7,16H2,1-4H3,(H,19,21)/t12-,13-/m0/s1. The number of carbonyl (C=O) groups excluding carboxylic acids is 3. The third kappa shape index (κ3) is 9.55. The van der Waals surface area contributed by atoms with Gasteiger partial charge in [0.2, 0.25) is 11.7 Å². The molecular weight excluding hydrogens is 300 g/mol. The molecule has 2 atom stereocenters. The molecule has 0 aromatic carbocycles. The number of nitrogens with one attached hydrogen (secondary N) is 1. The third-order valence-electron chi connectivity index (χ3n) is 2.90. The Labute approximate surface area is 136 Å². The summed E-state index contributed by atoms with van der Waals surface area (Å²) in [6, 6.07) is -1.71. The van der Waals surface area contributed by atoms with Gasteiger partial charge in [0.25, 0.3) is 0 Å². The number of Topliss-reactive ketones (excluding diaryl/α,β-unsaturated/α-hetero) is 1. The topological polar surface area (TPSA) is 135 Å². The quantitative estimate of drug-likeness (QED) is 0.260. The first-order valence-corrected chi connectivity index (χ1v) is 7.64. The van der Waals surface area contributed by atoms with Crippen LogP contribution in [0.5, 0.6) is 0 Å². The second-order valence-electron chi connectivity index (χ2n) is 6.03. The van der Waals surface area contributed by atoms with Crippen LogP contribution in [0.3, 0.4) is 0 Å². The number of ether oxygens (including phenoxy) is 1. The van der Waals surface area contributed by atoms with Crippen molar-refractivity contribution in [2.45, 2.75) is 65.1 Å². The molecule has 0 aliphatic heterocycles. The molecule has 0 unspecified atom stereocenters. The van der Waals surface area contributed by atoms with E-state index in [2.05, 4.69) is 10.1 Å². The minimum atomic E-state index is -0.973. The molecule has 0 bridgehead atoms. The molecule has 8 nitrogen and oxygen atoms in total. The molecule has 0 spiro atoms. The lowest BCUT2D eigenvalue weighted by molar-refractivity contribution is -0.151. The largest absolute Gasteiger partial charge is 0.461 e. The van der Waals surface area contributed by atoms with Gasteiger partial charge in [-0.3, -0.25) is 9.59 Å². The van der Waals surface area contributed by atoms with Crippen LogP contribution in [0.2, 0.25) is 0 Å². The molecule has 8 heteroatoms. The van der Waals surface area contributed by atoms with E-state index in [1.165, 1.54) is 0 Å². The molecule has 0 aromatic rings. The SMILES string of the molecule is CC(C)C[C@H](N)C(=O)N[C@@H](CCC(=O)C=[N+]=[N-])C(=O)OC(C)C. The Kier molecular flexibility index (Phi) is 9.69. The number of nitrogens with two attached hydrogens (primary N) is 1. The fourth-order valence-electron chi connectivity index (χ4n) is 1.87. The fraction of sp³-hybridized carbons (Fsp3) is 0.733. The molecule has 0 radical (unpaired) electrons. The first-order valence-electron chi connectivity index (χ1n) is 7.64. The molecule has 0 aliphatic rings. The fourth-order valence-corrected chi connectivity index (χ4v) is 1.87. The van der Waals surface area contributed by atoms with Gasteiger partial charge < -0.3 is 21.3 Å². The van der Waals surface area contributed by atoms with Crippen molar-refractivity contribution in [3.63, 3.8) is 0 Å². The van der Waals surface area contributed by atoms with Crippen LogP contribution in [0.15, 0.2) is 0 Å². The van der Waals surface area contributed by atoms with E-state index >= 15 is 0 Å². The molecular formula is C15H26N4O4. The zero-order chi connectivity index (χ0) is 18.0. The average Bonchev–Trinajstić information content (AvgIpc) is 2.41. The van der Waals surface area contributed by atoms with E-state index in [1.807, 2.05) is 13.8 Å². The van der Waals surface area contributed by atoms with Crippen molar-refractivity contribution >= 4 is 23.9 Å². The number of hydrogen-bond acceptors (Lipinski definition) is 5. The minimum Gasteiger partial charge on any atom is -0.461 e. The maximum atomic E-state index is 12.1. The lowest BCUT2D eigenvalue weighted by Gasteiger charge is -2.21. The van der Waals surface area contributed by atoms with Crippen LogP contribution in [0.1, 0.15) is 47.0 Å². The van der Waals surface area contributed by atoms with Crippen LogP contribution in [0, 0.1) is 5.92 Å². The summed E-state index contributed by atoms with van der Waals surface area (Å²) in [6.45, 7) is 7.24. The summed E-state index contributed by atoms with van der Waals surface area (Å²) in [5.41, 5.74) is 14.1. The van der Waals surface area contributed by atoms with E-state index in [0.717, 1.165) is 6.21 Å². The number of rotatable bonds is 10. The van der Waals surface area contributed by atoms with Crippen LogP contribution < -0.4 is 11.1 Å². The lowest BCUT2D eigenvalue weighted by Crippen LogP contribution is -2.49. The molecule has 23 heavy (non-hydrogen) atoms. The molecule has 0 aromatic heterocycles. The van der Waals surface area contributed by atoms with Gasteiger partial charge in [-0.25, -0.2) is 4.79 Å². The molecule has 0 saturated carbocycles. The van der Waals surface area contributed by atoms with E-state index in [1.54, 1.807) is 13.8 Å². The van der Waals surface area contributed by atoms with E-state index in [4.69, 9.17) is 16.0 Å². The maximum absolute atomic E-state index is 12.1. The molecule has 1 amide bonds. The van der Waals surface area contributed by atoms with Crippen LogP contribution >= 0.6 is 0 Å². The van der Waals surface area contributed by atoms with E-state index < -0.39 is 29.7 Å². The van der Waals surface area contributed by atoms with Gasteiger partial charge in [0, 0.05) is 6.42 Å². The van der Waals surface area contributed by atoms with Crippen LogP contribution in [-0.4, -0.2) is 46.9 Å². The Morgan fingerprint density at radius 2 is 1.87 bits per heavy atom. The summed E-state index contributed by atoms with van der Waals surface area (Å²) >= 11 is 0. The van der Waals surface area contributed by atoms with Crippen molar-refractivity contribution in [3.8, 4) is 0 Å². The van der Waals surface area contributed by atoms with Gasteiger partial charge in [-0.1, -0.05) is 13.8 Å². The van der Waals surface area contributed by atoms with Crippen LogP contribution in [0.25, 0.3) is 5.53 Å². The van der Waals surface area contributed by atoms with Gasteiger partial charge in [-0.05, 0) is 32.6 Å². The van der Waals surface area contributed by atoms with E-state index in [9.17, 15) is 14.4 Å². The second-order valence-corrected chi connectivity index (χ2v) is 6.03. The molecule has 130 valence electrons. The Morgan fingerprint density at radius 3 is 2.35 bits per heavy atom. The average molecular weight is 326 g/mol. The van der Waals surface area contributed by atoms with Gasteiger partial charge in [-0.15, -0.1) is 0 Å². The lowest BCUT2D eigenvalue weighted by atomic mass is 10.0. The van der Waals surface area contributed by atoms with Crippen LogP contribution in [0.4, 0.5) is 0 Å². The van der Waals surface area contributed by atoms with Crippen molar-refractivity contribution < 1.29 is 23.9 Å². The summed E-state index contributed by atoms with van der Waals surface area (Å²) in [4.78, 5) is 38.1. The summed E-state index contributed by atoms with van der Waals surface area (Å²) in [5.74, 6) is -1.32. The Balaban J connectivity index is 4.83. The smallest absolute Gasteiger partial charge is 0.328 e. The highest BCUT2D eigenvalue weighted by Crippen LogP contribution is 2.06. The van der Waals surface area contributed by atoms with Crippen molar-refractivity contribution in [3.05, 3.63) is 5.53 Å². The predicted octanol–water partition coefficient (Wildman–Crippen LogP) is 0.446. The van der Waals surface area contributed by atoms with E-state index in [-0.39, 0.29) is 24.9 Å². The van der Waals surface area contributed by atoms with Crippen molar-refractivity contribution in [1.82, 2.24) is 5.32 Å². The summed E-state index contributed by atoms with van der Waals surface area (Å²) in [6.07, 6.45) is 0.851. The number of esters is 1. The van der Waals surface area contributed by atoms with E-state index in [0.29, 0.717) is 6.42 Å².